The van der Waals surface area contributed by atoms with Gasteiger partial charge >= 0.3 is 5.97 Å². The minimum absolute atomic E-state index is 0.230. The highest BCUT2D eigenvalue weighted by Gasteiger charge is 2.16. The fraction of sp³-hybridized carbons (Fsp3) is 0.286. The molecule has 1 aromatic heterocycles. The van der Waals surface area contributed by atoms with Gasteiger partial charge in [-0.3, -0.25) is 9.59 Å². The zero-order valence-electron chi connectivity index (χ0n) is 11.4. The summed E-state index contributed by atoms with van der Waals surface area (Å²) in [6.07, 6.45) is -0.327. The van der Waals surface area contributed by atoms with Crippen LogP contribution in [0, 0.1) is 6.92 Å². The van der Waals surface area contributed by atoms with Crippen LogP contribution in [0.1, 0.15) is 11.1 Å². The fourth-order valence-corrected chi connectivity index (χ4v) is 2.24. The molecule has 2 aromatic rings. The van der Waals surface area contributed by atoms with Crippen LogP contribution in [0.5, 0.6) is 11.5 Å². The smallest absolute Gasteiger partial charge is 0.308 e. The Morgan fingerprint density at radius 3 is 2.55 bits per heavy atom. The number of fused-ring (bicyclic) bond motifs is 1. The van der Waals surface area contributed by atoms with E-state index in [9.17, 15) is 9.59 Å². The third-order valence-electron chi connectivity index (χ3n) is 3.21. The zero-order chi connectivity index (χ0) is 14.9. The van der Waals surface area contributed by atoms with Gasteiger partial charge in [0.15, 0.2) is 0 Å². The topological polar surface area (TPSA) is 88.6 Å². The second-order valence-electron chi connectivity index (χ2n) is 4.38. The Balaban J connectivity index is 2.83. The molecule has 106 valence electrons. The van der Waals surface area contributed by atoms with E-state index >= 15 is 0 Å². The number of methoxy groups -OCH3 is 2. The number of carbonyl (C=O) groups is 1. The number of pyridine rings is 1. The predicted octanol–water partition coefficient (Wildman–Crippen LogP) is 1.48. The Bertz CT molecular complexity index is 732. The number of nitrogens with one attached hydrogen (secondary N) is 1. The van der Waals surface area contributed by atoms with Crippen molar-refractivity contribution in [1.82, 2.24) is 4.98 Å². The molecule has 2 N–H and O–H groups in total. The number of aromatic nitrogens is 1. The summed E-state index contributed by atoms with van der Waals surface area (Å²) >= 11 is 0. The van der Waals surface area contributed by atoms with E-state index in [1.807, 2.05) is 0 Å². The molecule has 0 amide bonds. The van der Waals surface area contributed by atoms with Crippen molar-refractivity contribution in [3.8, 4) is 11.5 Å². The van der Waals surface area contributed by atoms with Crippen molar-refractivity contribution < 1.29 is 19.4 Å². The van der Waals surface area contributed by atoms with Gasteiger partial charge in [-0.05, 0) is 12.5 Å². The number of rotatable bonds is 4. The SMILES string of the molecule is COc1cc(OC)c2c(C)c(CC(=O)O)c(=O)[nH]c2c1. The molecule has 0 spiro atoms. The van der Waals surface area contributed by atoms with Crippen molar-refractivity contribution >= 4 is 16.9 Å². The standard InChI is InChI=1S/C14H15NO5/c1-7-9(6-12(16)17)14(18)15-10-4-8(19-2)5-11(20-3)13(7)10/h4-5H,6H2,1-3H3,(H,15,18)(H,16,17). The minimum Gasteiger partial charge on any atom is -0.497 e. The summed E-state index contributed by atoms with van der Waals surface area (Å²) in [4.78, 5) is 25.5. The largest absolute Gasteiger partial charge is 0.497 e. The van der Waals surface area contributed by atoms with Crippen LogP contribution in [0.15, 0.2) is 16.9 Å². The molecular formula is C14H15NO5. The van der Waals surface area contributed by atoms with Gasteiger partial charge in [0.2, 0.25) is 0 Å². The van der Waals surface area contributed by atoms with Crippen LogP contribution < -0.4 is 15.0 Å². The molecule has 1 aromatic carbocycles. The minimum atomic E-state index is -1.05. The lowest BCUT2D eigenvalue weighted by molar-refractivity contribution is -0.136. The van der Waals surface area contributed by atoms with Crippen LogP contribution >= 0.6 is 0 Å². The monoisotopic (exact) mass is 277 g/mol. The molecule has 0 aliphatic heterocycles. The molecule has 20 heavy (non-hydrogen) atoms. The third-order valence-corrected chi connectivity index (χ3v) is 3.21. The van der Waals surface area contributed by atoms with E-state index < -0.39 is 11.5 Å². The van der Waals surface area contributed by atoms with Gasteiger partial charge in [0.1, 0.15) is 11.5 Å². The van der Waals surface area contributed by atoms with Gasteiger partial charge in [-0.25, -0.2) is 0 Å². The fourth-order valence-electron chi connectivity index (χ4n) is 2.24. The van der Waals surface area contributed by atoms with Gasteiger partial charge in [-0.15, -0.1) is 0 Å². The Hall–Kier alpha value is -2.50. The number of carboxylic acid groups (broad SMARTS) is 1. The summed E-state index contributed by atoms with van der Waals surface area (Å²) in [6, 6.07) is 3.37. The van der Waals surface area contributed by atoms with Crippen molar-refractivity contribution in [3.05, 3.63) is 33.6 Å². The lowest BCUT2D eigenvalue weighted by atomic mass is 10.0. The number of hydrogen-bond donors (Lipinski definition) is 2. The first-order valence-electron chi connectivity index (χ1n) is 5.97. The molecule has 0 atom stereocenters. The van der Waals surface area contributed by atoms with E-state index in [1.54, 1.807) is 19.1 Å². The molecular weight excluding hydrogens is 262 g/mol. The van der Waals surface area contributed by atoms with E-state index in [0.717, 1.165) is 0 Å². The maximum Gasteiger partial charge on any atom is 0.308 e. The van der Waals surface area contributed by atoms with Crippen molar-refractivity contribution in [2.75, 3.05) is 14.2 Å². The highest BCUT2D eigenvalue weighted by Crippen LogP contribution is 2.32. The van der Waals surface area contributed by atoms with Crippen LogP contribution in [0.25, 0.3) is 10.9 Å². The maximum atomic E-state index is 12.0. The second kappa shape index (κ2) is 5.24. The molecule has 6 nitrogen and oxygen atoms in total. The van der Waals surface area contributed by atoms with E-state index in [0.29, 0.717) is 28.0 Å². The lowest BCUT2D eigenvalue weighted by Gasteiger charge is -2.12. The van der Waals surface area contributed by atoms with Crippen molar-refractivity contribution in [3.63, 3.8) is 0 Å². The number of H-pyrrole nitrogens is 1. The van der Waals surface area contributed by atoms with Crippen LogP contribution in [-0.2, 0) is 11.2 Å². The van der Waals surface area contributed by atoms with E-state index in [-0.39, 0.29) is 12.0 Å². The summed E-state index contributed by atoms with van der Waals surface area (Å²) in [7, 11) is 3.03. The first kappa shape index (κ1) is 13.9. The van der Waals surface area contributed by atoms with Crippen LogP contribution in [0.2, 0.25) is 0 Å². The zero-order valence-corrected chi connectivity index (χ0v) is 11.4. The molecule has 0 saturated carbocycles. The molecule has 2 rings (SSSR count). The Morgan fingerprint density at radius 1 is 1.30 bits per heavy atom. The number of carboxylic acids is 1. The van der Waals surface area contributed by atoms with Gasteiger partial charge in [0.25, 0.3) is 5.56 Å². The molecule has 0 bridgehead atoms. The Labute approximate surface area is 115 Å². The molecule has 0 radical (unpaired) electrons. The number of benzene rings is 1. The van der Waals surface area contributed by atoms with Crippen LogP contribution in [-0.4, -0.2) is 30.3 Å². The maximum absolute atomic E-state index is 12.0. The summed E-state index contributed by atoms with van der Waals surface area (Å²) < 4.78 is 10.4. The summed E-state index contributed by atoms with van der Waals surface area (Å²) in [5.41, 5.74) is 0.977. The van der Waals surface area contributed by atoms with E-state index in [1.165, 1.54) is 14.2 Å². The Morgan fingerprint density at radius 2 is 2.00 bits per heavy atom. The summed E-state index contributed by atoms with van der Waals surface area (Å²) in [5.74, 6) is 0.0283. The predicted molar refractivity (Wildman–Crippen MR) is 73.7 cm³/mol. The average molecular weight is 277 g/mol. The lowest BCUT2D eigenvalue weighted by Crippen LogP contribution is -2.18. The van der Waals surface area contributed by atoms with Gasteiger partial charge in [-0.1, -0.05) is 0 Å². The summed E-state index contributed by atoms with van der Waals surface area (Å²) in [6.45, 7) is 1.71. The number of aryl methyl sites for hydroxylation is 1. The highest BCUT2D eigenvalue weighted by atomic mass is 16.5. The van der Waals surface area contributed by atoms with Crippen molar-refractivity contribution in [2.45, 2.75) is 13.3 Å². The van der Waals surface area contributed by atoms with E-state index in [4.69, 9.17) is 14.6 Å². The van der Waals surface area contributed by atoms with Crippen molar-refractivity contribution in [1.29, 1.82) is 0 Å². The molecule has 0 fully saturated rings. The van der Waals surface area contributed by atoms with Crippen molar-refractivity contribution in [2.24, 2.45) is 0 Å². The first-order chi connectivity index (χ1) is 9.47. The van der Waals surface area contributed by atoms with Gasteiger partial charge in [-0.2, -0.15) is 0 Å². The average Bonchev–Trinajstić information content (AvgIpc) is 2.41. The van der Waals surface area contributed by atoms with Gasteiger partial charge < -0.3 is 19.6 Å². The molecule has 0 aliphatic carbocycles. The molecule has 0 saturated heterocycles. The molecule has 0 aliphatic rings. The first-order valence-corrected chi connectivity index (χ1v) is 5.97. The van der Waals surface area contributed by atoms with Gasteiger partial charge in [0, 0.05) is 23.1 Å². The van der Waals surface area contributed by atoms with Crippen LogP contribution in [0.4, 0.5) is 0 Å². The van der Waals surface area contributed by atoms with Crippen LogP contribution in [0.3, 0.4) is 0 Å². The number of hydrogen-bond acceptors (Lipinski definition) is 4. The normalized spacial score (nSPS) is 10.6. The molecule has 1 heterocycles. The number of aliphatic carboxylic acids is 1. The molecule has 0 unspecified atom stereocenters. The quantitative estimate of drug-likeness (QED) is 0.883. The highest BCUT2D eigenvalue weighted by molar-refractivity contribution is 5.91. The summed E-state index contributed by atoms with van der Waals surface area (Å²) in [5, 5.41) is 9.58. The molecule has 6 heteroatoms. The second-order valence-corrected chi connectivity index (χ2v) is 4.38. The van der Waals surface area contributed by atoms with E-state index in [2.05, 4.69) is 4.98 Å². The third kappa shape index (κ3) is 2.32. The Kier molecular flexibility index (Phi) is 3.65. The number of aromatic amines is 1. The van der Waals surface area contributed by atoms with Gasteiger partial charge in [0.05, 0.1) is 26.2 Å². The number of ether oxygens (including phenoxy) is 2.